The van der Waals surface area contributed by atoms with Crippen molar-refractivity contribution >= 4 is 0 Å². The second kappa shape index (κ2) is 77.7. The van der Waals surface area contributed by atoms with Gasteiger partial charge < -0.3 is 16.4 Å². The average molecular weight is 213 g/mol. The zero-order valence-electron chi connectivity index (χ0n) is 1.88. The van der Waals surface area contributed by atoms with E-state index in [9.17, 15) is 0 Å². The van der Waals surface area contributed by atoms with Crippen LogP contribution in [0.1, 0.15) is 0 Å². The van der Waals surface area contributed by atoms with Gasteiger partial charge >= 0.3 is 36.5 Å². The second-order valence-corrected chi connectivity index (χ2v) is 0. The molecule has 0 aromatic heterocycles. The Hall–Kier alpha value is 1.02. The summed E-state index contributed by atoms with van der Waals surface area (Å²) in [6.07, 6.45) is 0. The topological polar surface area (TPSA) is 85.5 Å². The molecule has 0 bridgehead atoms. The van der Waals surface area contributed by atoms with E-state index in [1.807, 2.05) is 0 Å². The molecule has 0 unspecified atom stereocenters. The fourth-order valence-corrected chi connectivity index (χ4v) is 0. The van der Waals surface area contributed by atoms with Crippen LogP contribution in [0.4, 0.5) is 0 Å². The van der Waals surface area contributed by atoms with Crippen molar-refractivity contribution in [3.8, 4) is 0 Å². The molecule has 0 amide bonds. The second-order valence-electron chi connectivity index (χ2n) is 0. The summed E-state index contributed by atoms with van der Waals surface area (Å²) in [5, 5.41) is 0. The van der Waals surface area contributed by atoms with Crippen molar-refractivity contribution in [1.29, 1.82) is 0 Å². The van der Waals surface area contributed by atoms with Crippen molar-refractivity contribution in [2.75, 3.05) is 0 Å². The monoisotopic (exact) mass is 213 g/mol. The molecule has 0 aromatic carbocycles. The third-order valence-electron chi connectivity index (χ3n) is 0. The number of rotatable bonds is 0. The zero-order valence-corrected chi connectivity index (χ0v) is 4.56. The summed E-state index contributed by atoms with van der Waals surface area (Å²) < 4.78 is 0. The van der Waals surface area contributed by atoms with Crippen LogP contribution in [0.15, 0.2) is 0 Å². The number of hydrogen-bond acceptors (Lipinski definition) is 0. The normalized spacial score (nSPS) is 0. The molecule has 0 aliphatic rings. The maximum absolute atomic E-state index is 0. The molecule has 0 N–H and O–H groups in total. The fourth-order valence-electron chi connectivity index (χ4n) is 0. The minimum absolute atomic E-state index is 0. The van der Waals surface area contributed by atoms with Gasteiger partial charge in [-0.25, -0.2) is 0 Å². The molecule has 1 radical (unpaired) electrons. The minimum atomic E-state index is 0. The Morgan fingerprint density at radius 3 is 0.600 bits per heavy atom. The van der Waals surface area contributed by atoms with Gasteiger partial charge in [0.05, 0.1) is 0 Å². The molecule has 0 rings (SSSR count). The molecule has 0 aliphatic heterocycles. The first-order valence-corrected chi connectivity index (χ1v) is 0. The van der Waals surface area contributed by atoms with E-state index in [0.29, 0.717) is 0 Å². The molecular weight excluding hydrogens is 213 g/mol. The fraction of sp³-hybridized carbons (Fsp3) is 0. The molecule has 3 nitrogen and oxygen atoms in total. The average Bonchev–Trinajstić information content (AvgIpc) is 0. The van der Waals surface area contributed by atoms with Crippen molar-refractivity contribution in [3.05, 3.63) is 0 Å². The van der Waals surface area contributed by atoms with Crippen molar-refractivity contribution in [2.24, 2.45) is 0 Å². The molecule has 0 atom stereocenters. The molecule has 5 heavy (non-hydrogen) atoms. The van der Waals surface area contributed by atoms with Crippen LogP contribution in [0, 0.1) is 0 Å². The summed E-state index contributed by atoms with van der Waals surface area (Å²) in [5.41, 5.74) is 0. The summed E-state index contributed by atoms with van der Waals surface area (Å²) in [6.45, 7) is 0. The Morgan fingerprint density at radius 1 is 0.600 bits per heavy atom. The quantitative estimate of drug-likeness (QED) is 0.491. The van der Waals surface area contributed by atoms with Crippen LogP contribution in [0.25, 0.3) is 0 Å². The molecule has 0 aromatic rings. The number of hydrogen-bond donors (Lipinski definition) is 0. The molecule has 0 aliphatic carbocycles. The van der Waals surface area contributed by atoms with Crippen molar-refractivity contribution in [2.45, 2.75) is 0 Å². The van der Waals surface area contributed by atoms with E-state index in [0.717, 1.165) is 0 Å². The minimum Gasteiger partial charge on any atom is -2.00 e. The van der Waals surface area contributed by atoms with E-state index in [4.69, 9.17) is 0 Å². The summed E-state index contributed by atoms with van der Waals surface area (Å²) in [4.78, 5) is 0. The van der Waals surface area contributed by atoms with Gasteiger partial charge in [-0.2, -0.15) is 0 Å². The van der Waals surface area contributed by atoms with Gasteiger partial charge in [-0.1, -0.05) is 0 Å². The maximum atomic E-state index is 0. The van der Waals surface area contributed by atoms with E-state index in [-0.39, 0.29) is 53.0 Å². The summed E-state index contributed by atoms with van der Waals surface area (Å²) in [6, 6.07) is 0. The Bertz CT molecular complexity index is 6.85. The van der Waals surface area contributed by atoms with Crippen LogP contribution in [0.5, 0.6) is 0 Å². The van der Waals surface area contributed by atoms with Gasteiger partial charge in [0.25, 0.3) is 0 Å². The Morgan fingerprint density at radius 2 is 0.600 bits per heavy atom. The molecule has 37 valence electrons. The molecular formula is CuO3Ru. The van der Waals surface area contributed by atoms with Gasteiger partial charge in [0.15, 0.2) is 0 Å². The molecule has 5 heteroatoms. The van der Waals surface area contributed by atoms with E-state index >= 15 is 0 Å². The summed E-state index contributed by atoms with van der Waals surface area (Å²) >= 11 is 0. The predicted molar refractivity (Wildman–Crippen MR) is 2.06 cm³/mol. The summed E-state index contributed by atoms with van der Waals surface area (Å²) in [7, 11) is 0. The van der Waals surface area contributed by atoms with Crippen LogP contribution < -0.4 is 0 Å². The Balaban J connectivity index is 0. The van der Waals surface area contributed by atoms with E-state index in [1.54, 1.807) is 0 Å². The van der Waals surface area contributed by atoms with Crippen LogP contribution in [0.3, 0.4) is 0 Å². The first kappa shape index (κ1) is 145. The first-order chi connectivity index (χ1) is 0. The van der Waals surface area contributed by atoms with E-state index in [1.165, 1.54) is 0 Å². The molecule has 0 spiro atoms. The van der Waals surface area contributed by atoms with Crippen LogP contribution in [-0.4, -0.2) is 0 Å². The van der Waals surface area contributed by atoms with Crippen LogP contribution >= 0.6 is 0 Å². The van der Waals surface area contributed by atoms with Crippen LogP contribution in [0.2, 0.25) is 0 Å². The SMILES string of the molecule is [Cu+2].[O-2].[O-2].[O-2].[Ru+4]. The van der Waals surface area contributed by atoms with Crippen molar-refractivity contribution in [3.63, 3.8) is 0 Å². The smallest absolute Gasteiger partial charge is 2.00 e. The van der Waals surface area contributed by atoms with E-state index < -0.39 is 0 Å². The Labute approximate surface area is 53.3 Å². The molecule has 0 saturated heterocycles. The molecule has 0 saturated carbocycles. The maximum Gasteiger partial charge on any atom is 4.00 e. The third kappa shape index (κ3) is 43.9. The van der Waals surface area contributed by atoms with Crippen molar-refractivity contribution < 1.29 is 53.0 Å². The zero-order chi connectivity index (χ0) is 0. The standard InChI is InChI=1S/Cu.3O.Ru/q+2;3*-2;+4. The Kier molecular flexibility index (Phi) is 2260. The van der Waals surface area contributed by atoms with Crippen molar-refractivity contribution in [1.82, 2.24) is 0 Å². The van der Waals surface area contributed by atoms with Gasteiger partial charge in [-0.15, -0.1) is 0 Å². The largest absolute Gasteiger partial charge is 4.00 e. The van der Waals surface area contributed by atoms with Gasteiger partial charge in [-0.05, 0) is 0 Å². The third-order valence-corrected chi connectivity index (χ3v) is 0. The first-order valence-electron chi connectivity index (χ1n) is 0. The molecule has 0 heterocycles. The summed E-state index contributed by atoms with van der Waals surface area (Å²) in [5.74, 6) is 0. The molecule has 0 fully saturated rings. The van der Waals surface area contributed by atoms with Gasteiger partial charge in [0.2, 0.25) is 0 Å². The van der Waals surface area contributed by atoms with Crippen LogP contribution in [-0.2, 0) is 53.0 Å². The van der Waals surface area contributed by atoms with Gasteiger partial charge in [-0.3, -0.25) is 0 Å². The predicted octanol–water partition coefficient (Wildman–Crippen LogP) is -0.361. The van der Waals surface area contributed by atoms with Gasteiger partial charge in [0, 0.05) is 0 Å². The van der Waals surface area contributed by atoms with Gasteiger partial charge in [0.1, 0.15) is 0 Å². The van der Waals surface area contributed by atoms with E-state index in [2.05, 4.69) is 0 Å².